The molecular weight excluding hydrogens is 583 g/mol. The summed E-state index contributed by atoms with van der Waals surface area (Å²) in [7, 11) is 1.71. The molecule has 2 N–H and O–H groups in total. The van der Waals surface area contributed by atoms with E-state index in [0.29, 0.717) is 61.9 Å². The average Bonchev–Trinajstić information content (AvgIpc) is 2.94. The molecular formula is C33H42Cl2N6O2. The Balaban J connectivity index is 1.30. The van der Waals surface area contributed by atoms with Crippen molar-refractivity contribution in [2.24, 2.45) is 35.2 Å². The predicted octanol–water partition coefficient (Wildman–Crippen LogP) is 6.34. The number of guanidine groups is 1. The summed E-state index contributed by atoms with van der Waals surface area (Å²) in [5.41, 5.74) is 1.73. The van der Waals surface area contributed by atoms with E-state index in [1.54, 1.807) is 25.2 Å². The number of hydrogen-bond donors (Lipinski definition) is 2. The van der Waals surface area contributed by atoms with Crippen LogP contribution in [0.3, 0.4) is 0 Å². The monoisotopic (exact) mass is 624 g/mol. The Morgan fingerprint density at radius 2 is 1.86 bits per heavy atom. The molecule has 7 rings (SSSR count). The normalized spacial score (nSPS) is 28.5. The second kappa shape index (κ2) is 11.6. The van der Waals surface area contributed by atoms with Crippen molar-refractivity contribution >= 4 is 45.8 Å². The molecule has 8 nitrogen and oxygen atoms in total. The van der Waals surface area contributed by atoms with E-state index < -0.39 is 0 Å². The highest BCUT2D eigenvalue weighted by atomic mass is 35.5. The molecule has 4 aliphatic rings. The fourth-order valence-electron chi connectivity index (χ4n) is 7.53. The molecule has 230 valence electrons. The molecule has 10 heteroatoms. The van der Waals surface area contributed by atoms with Gasteiger partial charge >= 0.3 is 0 Å². The highest BCUT2D eigenvalue weighted by molar-refractivity contribution is 6.35. The van der Waals surface area contributed by atoms with Crippen molar-refractivity contribution in [3.63, 3.8) is 0 Å². The van der Waals surface area contributed by atoms with Crippen molar-refractivity contribution < 1.29 is 4.74 Å². The zero-order valence-electron chi connectivity index (χ0n) is 25.8. The minimum atomic E-state index is -0.131. The van der Waals surface area contributed by atoms with Crippen LogP contribution < -0.4 is 20.9 Å². The first-order chi connectivity index (χ1) is 20.4. The van der Waals surface area contributed by atoms with Gasteiger partial charge in [-0.25, -0.2) is 9.98 Å². The molecule has 2 bridgehead atoms. The van der Waals surface area contributed by atoms with E-state index >= 15 is 0 Å². The lowest BCUT2D eigenvalue weighted by atomic mass is 9.45. The van der Waals surface area contributed by atoms with Gasteiger partial charge in [0.25, 0.3) is 5.56 Å². The minimum Gasteiger partial charge on any atom is -0.484 e. The molecule has 1 saturated heterocycles. The number of nitrogens with one attached hydrogen (secondary N) is 2. The third-order valence-electron chi connectivity index (χ3n) is 10.1. The van der Waals surface area contributed by atoms with Gasteiger partial charge in [-0.3, -0.25) is 9.36 Å². The molecule has 3 saturated carbocycles. The van der Waals surface area contributed by atoms with Crippen LogP contribution in [0.5, 0.6) is 5.75 Å². The van der Waals surface area contributed by atoms with Gasteiger partial charge in [-0.05, 0) is 86.3 Å². The van der Waals surface area contributed by atoms with Crippen molar-refractivity contribution in [2.45, 2.75) is 72.2 Å². The van der Waals surface area contributed by atoms with Crippen LogP contribution in [-0.2, 0) is 13.7 Å². The number of nitrogens with zero attached hydrogens (tertiary/aromatic N) is 4. The first-order valence-corrected chi connectivity index (χ1v) is 16.1. The van der Waals surface area contributed by atoms with Crippen molar-refractivity contribution in [1.82, 2.24) is 19.8 Å². The van der Waals surface area contributed by atoms with Crippen molar-refractivity contribution in [3.05, 3.63) is 62.6 Å². The van der Waals surface area contributed by atoms with Gasteiger partial charge in [0.05, 0.1) is 22.0 Å². The van der Waals surface area contributed by atoms with E-state index in [0.717, 1.165) is 37.1 Å². The number of piperazine rings is 1. The van der Waals surface area contributed by atoms with Crippen LogP contribution >= 0.6 is 23.2 Å². The van der Waals surface area contributed by atoms with Crippen molar-refractivity contribution in [1.29, 1.82) is 0 Å². The van der Waals surface area contributed by atoms with Crippen LogP contribution in [0, 0.1) is 23.2 Å². The second-order valence-electron chi connectivity index (χ2n) is 13.5. The standard InChI is InChI=1S/C33H42Cl2N6O2/c1-18-15-41(16-19(2)36-18)32(39-27-12-21-11-25(20(27)3)33(21,4)5)37-23-8-9-24-28(14-23)38-30(40(6)31(24)42)17-43-29-10-7-22(34)13-26(29)35/h7-10,13-14,18-21,25,27,36H,11-12,15-17H2,1-6H3,(H,37,39)/t18-,19+,20-,21+,25+,27?/m1/s1. The van der Waals surface area contributed by atoms with Crippen molar-refractivity contribution in [3.8, 4) is 5.75 Å². The number of fused-ring (bicyclic) bond motifs is 3. The Bertz CT molecular complexity index is 1610. The summed E-state index contributed by atoms with van der Waals surface area (Å²) >= 11 is 12.3. The summed E-state index contributed by atoms with van der Waals surface area (Å²) < 4.78 is 7.44. The molecule has 43 heavy (non-hydrogen) atoms. The summed E-state index contributed by atoms with van der Waals surface area (Å²) in [5, 5.41) is 8.78. The lowest BCUT2D eigenvalue weighted by Gasteiger charge is -2.61. The third-order valence-corrected chi connectivity index (χ3v) is 10.7. The van der Waals surface area contributed by atoms with E-state index in [4.69, 9.17) is 37.9 Å². The summed E-state index contributed by atoms with van der Waals surface area (Å²) in [4.78, 5) is 25.9. The molecule has 3 aromatic rings. The summed E-state index contributed by atoms with van der Waals surface area (Å²) in [6, 6.07) is 11.8. The molecule has 0 radical (unpaired) electrons. The van der Waals surface area contributed by atoms with E-state index in [1.165, 1.54) is 11.0 Å². The molecule has 0 amide bonds. The summed E-state index contributed by atoms with van der Waals surface area (Å²) in [5.74, 6) is 3.86. The Kier molecular flexibility index (Phi) is 8.16. The quantitative estimate of drug-likeness (QED) is 0.255. The molecule has 6 atom stereocenters. The number of rotatable bonds is 5. The van der Waals surface area contributed by atoms with Crippen LogP contribution in [0.4, 0.5) is 5.69 Å². The number of ether oxygens (including phenoxy) is 1. The fourth-order valence-corrected chi connectivity index (χ4v) is 7.99. The van der Waals surface area contributed by atoms with Crippen molar-refractivity contribution in [2.75, 3.05) is 18.4 Å². The van der Waals surface area contributed by atoms with Gasteiger partial charge < -0.3 is 20.3 Å². The zero-order chi connectivity index (χ0) is 30.6. The lowest BCUT2D eigenvalue weighted by Crippen LogP contribution is -2.59. The predicted molar refractivity (Wildman–Crippen MR) is 175 cm³/mol. The number of halogens is 2. The molecule has 4 fully saturated rings. The van der Waals surface area contributed by atoms with Gasteiger partial charge in [0.2, 0.25) is 0 Å². The average molecular weight is 626 g/mol. The van der Waals surface area contributed by atoms with Crippen LogP contribution in [0.2, 0.25) is 10.0 Å². The lowest BCUT2D eigenvalue weighted by molar-refractivity contribution is -0.108. The highest BCUT2D eigenvalue weighted by Crippen LogP contribution is 2.61. The van der Waals surface area contributed by atoms with Crippen LogP contribution in [-0.4, -0.2) is 51.6 Å². The Morgan fingerprint density at radius 3 is 2.53 bits per heavy atom. The number of benzene rings is 2. The van der Waals surface area contributed by atoms with E-state index in [9.17, 15) is 4.79 Å². The molecule has 2 heterocycles. The smallest absolute Gasteiger partial charge is 0.261 e. The molecule has 3 aliphatic carbocycles. The first-order valence-electron chi connectivity index (χ1n) is 15.3. The summed E-state index contributed by atoms with van der Waals surface area (Å²) in [6.45, 7) is 13.5. The topological polar surface area (TPSA) is 83.8 Å². The second-order valence-corrected chi connectivity index (χ2v) is 14.3. The van der Waals surface area contributed by atoms with E-state index in [1.807, 2.05) is 18.2 Å². The third kappa shape index (κ3) is 5.86. The molecule has 1 aromatic heterocycles. The van der Waals surface area contributed by atoms with Gasteiger partial charge in [0.15, 0.2) is 5.96 Å². The van der Waals surface area contributed by atoms with Crippen LogP contribution in [0.15, 0.2) is 46.2 Å². The molecule has 0 spiro atoms. The minimum absolute atomic E-state index is 0.0855. The fraction of sp³-hybridized carbons (Fsp3) is 0.545. The maximum absolute atomic E-state index is 13.3. The molecule has 2 aromatic carbocycles. The summed E-state index contributed by atoms with van der Waals surface area (Å²) in [6.07, 6.45) is 2.45. The number of anilines is 1. The molecule has 1 unspecified atom stereocenters. The van der Waals surface area contributed by atoms with Crippen LogP contribution in [0.25, 0.3) is 10.9 Å². The van der Waals surface area contributed by atoms with Gasteiger partial charge in [-0.15, -0.1) is 0 Å². The Hall–Kier alpha value is -2.81. The van der Waals surface area contributed by atoms with Crippen LogP contribution in [0.1, 0.15) is 53.3 Å². The maximum Gasteiger partial charge on any atom is 0.261 e. The maximum atomic E-state index is 13.3. The van der Waals surface area contributed by atoms with Gasteiger partial charge in [-0.1, -0.05) is 44.0 Å². The Morgan fingerprint density at radius 1 is 1.12 bits per heavy atom. The zero-order valence-corrected chi connectivity index (χ0v) is 27.3. The number of aromatic nitrogens is 2. The number of hydrogen-bond acceptors (Lipinski definition) is 5. The van der Waals surface area contributed by atoms with Gasteiger partial charge in [-0.2, -0.15) is 0 Å². The molecule has 1 aliphatic heterocycles. The van der Waals surface area contributed by atoms with Gasteiger partial charge in [0, 0.05) is 42.9 Å². The number of aliphatic imine (C=N–C) groups is 1. The van der Waals surface area contributed by atoms with E-state index in [2.05, 4.69) is 50.2 Å². The Labute approximate surface area is 263 Å². The largest absolute Gasteiger partial charge is 0.484 e. The first kappa shape index (κ1) is 30.2. The SMILES string of the molecule is C[C@@H]1CN(C(=NC2C[C@@H]3C[C@@H]([C@H]2C)C3(C)C)Nc2ccc3c(=O)n(C)c(COc4ccc(Cl)cc4Cl)nc3c2)C[C@H](C)N1. The highest BCUT2D eigenvalue weighted by Gasteiger charge is 2.56. The van der Waals surface area contributed by atoms with Gasteiger partial charge in [0.1, 0.15) is 18.2 Å². The van der Waals surface area contributed by atoms with E-state index in [-0.39, 0.29) is 18.2 Å².